The number of amides is 2. The molecule has 0 aliphatic heterocycles. The number of methoxy groups -OCH3 is 1. The number of hydrogen-bond acceptors (Lipinski definition) is 6. The van der Waals surface area contributed by atoms with Gasteiger partial charge in [0.2, 0.25) is 11.8 Å². The van der Waals surface area contributed by atoms with Crippen LogP contribution in [0.1, 0.15) is 18.3 Å². The maximum Gasteiger partial charge on any atom is 0.237 e. The first-order chi connectivity index (χ1) is 14.9. The van der Waals surface area contributed by atoms with Gasteiger partial charge in [-0.05, 0) is 50.2 Å². The van der Waals surface area contributed by atoms with Crippen LogP contribution in [0.2, 0.25) is 0 Å². The number of aromatic nitrogens is 3. The highest BCUT2D eigenvalue weighted by Gasteiger charge is 2.20. The Morgan fingerprint density at radius 2 is 1.65 bits per heavy atom. The van der Waals surface area contributed by atoms with Crippen LogP contribution in [-0.4, -0.2) is 38.9 Å². The fraction of sp³-hybridized carbons (Fsp3) is 0.273. The third-order valence-electron chi connectivity index (χ3n) is 4.59. The second kappa shape index (κ2) is 10.1. The lowest BCUT2D eigenvalue weighted by Gasteiger charge is -2.12. The van der Waals surface area contributed by atoms with Crippen LogP contribution in [0, 0.1) is 6.92 Å². The van der Waals surface area contributed by atoms with Crippen LogP contribution in [0.3, 0.4) is 0 Å². The number of nitrogens with one attached hydrogen (secondary N) is 2. The molecule has 2 aromatic carbocycles. The lowest BCUT2D eigenvalue weighted by Crippen LogP contribution is -2.23. The number of ether oxygens (including phenoxy) is 1. The fourth-order valence-corrected chi connectivity index (χ4v) is 3.55. The highest BCUT2D eigenvalue weighted by Crippen LogP contribution is 2.23. The molecular weight excluding hydrogens is 414 g/mol. The van der Waals surface area contributed by atoms with E-state index in [0.29, 0.717) is 22.4 Å². The second-order valence-electron chi connectivity index (χ2n) is 7.03. The highest BCUT2D eigenvalue weighted by atomic mass is 32.2. The number of thioether (sulfide) groups is 1. The molecule has 2 N–H and O–H groups in total. The van der Waals surface area contributed by atoms with Gasteiger partial charge < -0.3 is 19.9 Å². The molecule has 0 saturated carbocycles. The van der Waals surface area contributed by atoms with Gasteiger partial charge >= 0.3 is 0 Å². The maximum absolute atomic E-state index is 12.5. The van der Waals surface area contributed by atoms with Crippen LogP contribution in [0.5, 0.6) is 5.75 Å². The van der Waals surface area contributed by atoms with E-state index in [1.54, 1.807) is 49.9 Å². The second-order valence-corrected chi connectivity index (χ2v) is 8.33. The van der Waals surface area contributed by atoms with Gasteiger partial charge in [-0.3, -0.25) is 9.59 Å². The molecule has 0 radical (unpaired) electrons. The van der Waals surface area contributed by atoms with E-state index in [0.717, 1.165) is 11.3 Å². The summed E-state index contributed by atoms with van der Waals surface area (Å²) >= 11 is 1.29. The Kier molecular flexibility index (Phi) is 7.30. The van der Waals surface area contributed by atoms with E-state index in [1.807, 2.05) is 31.2 Å². The Hall–Kier alpha value is -3.33. The number of benzene rings is 2. The van der Waals surface area contributed by atoms with Crippen LogP contribution in [0.25, 0.3) is 0 Å². The summed E-state index contributed by atoms with van der Waals surface area (Å²) in [6.45, 7) is 3.80. The summed E-state index contributed by atoms with van der Waals surface area (Å²) in [5.74, 6) is 0.895. The van der Waals surface area contributed by atoms with Crippen LogP contribution in [0.15, 0.2) is 53.7 Å². The zero-order valence-electron chi connectivity index (χ0n) is 17.9. The number of rotatable bonds is 8. The molecule has 9 heteroatoms. The minimum absolute atomic E-state index is 0.0695. The number of hydrogen-bond donors (Lipinski definition) is 2. The van der Waals surface area contributed by atoms with Crippen molar-refractivity contribution < 1.29 is 14.3 Å². The summed E-state index contributed by atoms with van der Waals surface area (Å²) in [4.78, 5) is 24.8. The third-order valence-corrected chi connectivity index (χ3v) is 5.72. The van der Waals surface area contributed by atoms with Crippen molar-refractivity contribution in [2.24, 2.45) is 7.05 Å². The number of carbonyl (C=O) groups excluding carboxylic acids is 2. The molecule has 3 aromatic rings. The van der Waals surface area contributed by atoms with Crippen LogP contribution >= 0.6 is 11.8 Å². The summed E-state index contributed by atoms with van der Waals surface area (Å²) in [5, 5.41) is 14.1. The van der Waals surface area contributed by atoms with Gasteiger partial charge in [0.05, 0.1) is 18.8 Å². The first kappa shape index (κ1) is 22.4. The van der Waals surface area contributed by atoms with E-state index in [1.165, 1.54) is 11.8 Å². The Balaban J connectivity index is 1.56. The van der Waals surface area contributed by atoms with Gasteiger partial charge in [-0.25, -0.2) is 0 Å². The lowest BCUT2D eigenvalue weighted by atomic mass is 10.2. The molecule has 162 valence electrons. The van der Waals surface area contributed by atoms with E-state index < -0.39 is 0 Å². The number of aryl methyl sites for hydroxylation is 1. The van der Waals surface area contributed by atoms with E-state index in [4.69, 9.17) is 4.74 Å². The van der Waals surface area contributed by atoms with Gasteiger partial charge in [0.1, 0.15) is 11.6 Å². The molecule has 2 amide bonds. The predicted molar refractivity (Wildman–Crippen MR) is 121 cm³/mol. The van der Waals surface area contributed by atoms with Gasteiger partial charge in [0, 0.05) is 18.4 Å². The van der Waals surface area contributed by atoms with E-state index in [-0.39, 0.29) is 23.5 Å². The molecule has 0 spiro atoms. The van der Waals surface area contributed by atoms with Crippen molar-refractivity contribution >= 4 is 35.0 Å². The molecule has 0 fully saturated rings. The van der Waals surface area contributed by atoms with Gasteiger partial charge in [0.15, 0.2) is 5.16 Å². The number of anilines is 2. The standard InChI is InChI=1S/C22H25N5O3S/c1-14-5-7-17(8-6-14)24-21(29)15(2)31-22-26-25-19(27(22)3)13-20(28)23-16-9-11-18(30-4)12-10-16/h5-12,15H,13H2,1-4H3,(H,23,28)(H,24,29). The molecule has 1 unspecified atom stereocenters. The third kappa shape index (κ3) is 6.08. The van der Waals surface area contributed by atoms with Crippen molar-refractivity contribution in [3.63, 3.8) is 0 Å². The molecule has 31 heavy (non-hydrogen) atoms. The molecule has 1 atom stereocenters. The van der Waals surface area contributed by atoms with E-state index in [2.05, 4.69) is 20.8 Å². The van der Waals surface area contributed by atoms with Crippen molar-refractivity contribution in [3.8, 4) is 5.75 Å². The SMILES string of the molecule is COc1ccc(NC(=O)Cc2nnc(SC(C)C(=O)Nc3ccc(C)cc3)n2C)cc1. The highest BCUT2D eigenvalue weighted by molar-refractivity contribution is 8.00. The molecule has 0 bridgehead atoms. The molecule has 1 heterocycles. The summed E-state index contributed by atoms with van der Waals surface area (Å²) in [5.41, 5.74) is 2.55. The molecular formula is C22H25N5O3S. The van der Waals surface area contributed by atoms with Gasteiger partial charge in [-0.1, -0.05) is 29.5 Å². The van der Waals surface area contributed by atoms with Crippen molar-refractivity contribution in [1.29, 1.82) is 0 Å². The monoisotopic (exact) mass is 439 g/mol. The molecule has 0 saturated heterocycles. The Bertz CT molecular complexity index is 1050. The van der Waals surface area contributed by atoms with Crippen molar-refractivity contribution in [2.75, 3.05) is 17.7 Å². The molecule has 0 aliphatic carbocycles. The maximum atomic E-state index is 12.5. The Morgan fingerprint density at radius 3 is 2.29 bits per heavy atom. The Morgan fingerprint density at radius 1 is 1.03 bits per heavy atom. The minimum atomic E-state index is -0.384. The molecule has 1 aromatic heterocycles. The molecule has 8 nitrogen and oxygen atoms in total. The first-order valence-corrected chi connectivity index (χ1v) is 10.6. The number of nitrogens with zero attached hydrogens (tertiary/aromatic N) is 3. The van der Waals surface area contributed by atoms with Crippen LogP contribution in [0.4, 0.5) is 11.4 Å². The average molecular weight is 440 g/mol. The molecule has 0 aliphatic rings. The normalized spacial score (nSPS) is 11.6. The van der Waals surface area contributed by atoms with Crippen LogP contribution in [-0.2, 0) is 23.1 Å². The average Bonchev–Trinajstić information content (AvgIpc) is 3.09. The quantitative estimate of drug-likeness (QED) is 0.522. The van der Waals surface area contributed by atoms with Gasteiger partial charge in [0.25, 0.3) is 0 Å². The topological polar surface area (TPSA) is 98.1 Å². The van der Waals surface area contributed by atoms with Crippen LogP contribution < -0.4 is 15.4 Å². The zero-order chi connectivity index (χ0) is 22.4. The van der Waals surface area contributed by atoms with E-state index in [9.17, 15) is 9.59 Å². The van der Waals surface area contributed by atoms with Crippen molar-refractivity contribution in [2.45, 2.75) is 30.7 Å². The summed E-state index contributed by atoms with van der Waals surface area (Å²) in [6, 6.07) is 14.7. The van der Waals surface area contributed by atoms with Gasteiger partial charge in [-0.15, -0.1) is 10.2 Å². The summed E-state index contributed by atoms with van der Waals surface area (Å²) < 4.78 is 6.84. The lowest BCUT2D eigenvalue weighted by molar-refractivity contribution is -0.116. The van der Waals surface area contributed by atoms with Gasteiger partial charge in [-0.2, -0.15) is 0 Å². The van der Waals surface area contributed by atoms with Crippen molar-refractivity contribution in [3.05, 3.63) is 59.9 Å². The summed E-state index contributed by atoms with van der Waals surface area (Å²) in [6.07, 6.45) is 0.0695. The Labute approximate surface area is 185 Å². The van der Waals surface area contributed by atoms with Crippen molar-refractivity contribution in [1.82, 2.24) is 14.8 Å². The number of carbonyl (C=O) groups is 2. The summed E-state index contributed by atoms with van der Waals surface area (Å²) in [7, 11) is 3.37. The zero-order valence-corrected chi connectivity index (χ0v) is 18.7. The smallest absolute Gasteiger partial charge is 0.237 e. The van der Waals surface area contributed by atoms with E-state index >= 15 is 0 Å². The molecule has 3 rings (SSSR count). The minimum Gasteiger partial charge on any atom is -0.497 e. The largest absolute Gasteiger partial charge is 0.497 e. The fourth-order valence-electron chi connectivity index (χ4n) is 2.72. The first-order valence-electron chi connectivity index (χ1n) is 9.72. The predicted octanol–water partition coefficient (Wildman–Crippen LogP) is 3.43.